The average Bonchev–Trinajstić information content (AvgIpc) is 3.51. The van der Waals surface area contributed by atoms with Crippen molar-refractivity contribution in [3.05, 3.63) is 108 Å². The number of para-hydroxylation sites is 1. The van der Waals surface area contributed by atoms with E-state index in [-0.39, 0.29) is 18.0 Å². The fraction of sp³-hybridized carbons (Fsp3) is 0.179. The van der Waals surface area contributed by atoms with Gasteiger partial charge in [0.05, 0.1) is 17.8 Å². The molecule has 2 aromatic heterocycles. The minimum Gasteiger partial charge on any atom is -0.351 e. The Kier molecular flexibility index (Phi) is 6.33. The molecule has 0 unspecified atom stereocenters. The summed E-state index contributed by atoms with van der Waals surface area (Å²) in [5.74, 6) is -0.00504. The number of hydrogen-bond donors (Lipinski definition) is 2. The van der Waals surface area contributed by atoms with Crippen LogP contribution in [0.1, 0.15) is 42.2 Å². The number of carbonyl (C=O) groups excluding carboxylic acids is 1. The third-order valence-corrected chi connectivity index (χ3v) is 6.61. The minimum absolute atomic E-state index is 0.00504. The van der Waals surface area contributed by atoms with Gasteiger partial charge < -0.3 is 20.1 Å². The Hall–Kier alpha value is -3.97. The maximum atomic E-state index is 11.9. The molecule has 6 nitrogen and oxygen atoms in total. The van der Waals surface area contributed by atoms with Gasteiger partial charge in [0, 0.05) is 42.1 Å². The van der Waals surface area contributed by atoms with Gasteiger partial charge in [0.1, 0.15) is 0 Å². The third kappa shape index (κ3) is 4.55. The van der Waals surface area contributed by atoms with Gasteiger partial charge in [-0.2, -0.15) is 0 Å². The Bertz CT molecular complexity index is 1350. The summed E-state index contributed by atoms with van der Waals surface area (Å²) in [7, 11) is 0. The number of amides is 1. The number of aryl methyl sites for hydroxylation is 1. The number of benzene rings is 2. The first-order chi connectivity index (χ1) is 17.0. The molecule has 1 aliphatic rings. The fourth-order valence-electron chi connectivity index (χ4n) is 4.50. The number of thiocarbonyl (C=S) groups is 1. The molecule has 0 bridgehead atoms. The van der Waals surface area contributed by atoms with Gasteiger partial charge in [-0.1, -0.05) is 31.2 Å². The van der Waals surface area contributed by atoms with Crippen LogP contribution in [0.2, 0.25) is 0 Å². The number of nitrogens with zero attached hydrogens (tertiary/aromatic N) is 3. The lowest BCUT2D eigenvalue weighted by atomic mass is 9.98. The summed E-state index contributed by atoms with van der Waals surface area (Å²) < 4.78 is 2.12. The summed E-state index contributed by atoms with van der Waals surface area (Å²) in [6, 6.07) is 24.1. The highest BCUT2D eigenvalue weighted by atomic mass is 32.1. The topological polar surface area (TPSA) is 62.2 Å². The fourth-order valence-corrected chi connectivity index (χ4v) is 4.84. The van der Waals surface area contributed by atoms with Gasteiger partial charge in [0.15, 0.2) is 5.11 Å². The second-order valence-corrected chi connectivity index (χ2v) is 8.97. The molecule has 4 aromatic rings. The smallest absolute Gasteiger partial charge is 0.224 e. The van der Waals surface area contributed by atoms with Crippen LogP contribution in [-0.2, 0) is 4.79 Å². The van der Waals surface area contributed by atoms with E-state index in [0.717, 1.165) is 33.9 Å². The van der Waals surface area contributed by atoms with Crippen molar-refractivity contribution in [2.45, 2.75) is 32.4 Å². The van der Waals surface area contributed by atoms with Crippen molar-refractivity contribution in [3.8, 4) is 5.69 Å². The van der Waals surface area contributed by atoms with Gasteiger partial charge in [-0.15, -0.1) is 0 Å². The molecule has 1 fully saturated rings. The van der Waals surface area contributed by atoms with E-state index >= 15 is 0 Å². The van der Waals surface area contributed by atoms with E-state index in [2.05, 4.69) is 61.7 Å². The summed E-state index contributed by atoms with van der Waals surface area (Å²) in [5, 5.41) is 7.12. The van der Waals surface area contributed by atoms with Crippen molar-refractivity contribution in [1.82, 2.24) is 14.9 Å². The minimum atomic E-state index is -0.116. The lowest BCUT2D eigenvalue weighted by Gasteiger charge is -2.28. The normalized spacial score (nSPS) is 17.3. The molecule has 2 aromatic carbocycles. The molecule has 1 aliphatic heterocycles. The Balaban J connectivity index is 1.56. The Morgan fingerprint density at radius 3 is 2.57 bits per heavy atom. The monoisotopic (exact) mass is 481 g/mol. The molecular weight excluding hydrogens is 454 g/mol. The van der Waals surface area contributed by atoms with E-state index in [9.17, 15) is 4.79 Å². The molecule has 176 valence electrons. The van der Waals surface area contributed by atoms with Crippen LogP contribution in [0.25, 0.3) is 5.69 Å². The van der Waals surface area contributed by atoms with E-state index in [1.54, 1.807) is 0 Å². The first kappa shape index (κ1) is 22.8. The van der Waals surface area contributed by atoms with Gasteiger partial charge in [0.25, 0.3) is 0 Å². The Morgan fingerprint density at radius 2 is 1.86 bits per heavy atom. The molecule has 1 saturated heterocycles. The van der Waals surface area contributed by atoms with Gasteiger partial charge in [-0.3, -0.25) is 9.78 Å². The van der Waals surface area contributed by atoms with Gasteiger partial charge in [-0.25, -0.2) is 0 Å². The SMILES string of the molecule is CCC(=O)Nc1ccc(N2C(=S)N[C@@H](c3ccccn3)[C@@H]2c2ccn(-c3ccccc3)c2)cc1C. The van der Waals surface area contributed by atoms with Crippen LogP contribution in [0.5, 0.6) is 0 Å². The summed E-state index contributed by atoms with van der Waals surface area (Å²) >= 11 is 5.85. The summed E-state index contributed by atoms with van der Waals surface area (Å²) in [6.07, 6.45) is 6.48. The highest BCUT2D eigenvalue weighted by Crippen LogP contribution is 2.42. The van der Waals surface area contributed by atoms with Crippen LogP contribution in [0.4, 0.5) is 11.4 Å². The first-order valence-electron chi connectivity index (χ1n) is 11.7. The van der Waals surface area contributed by atoms with Crippen molar-refractivity contribution in [2.75, 3.05) is 10.2 Å². The summed E-state index contributed by atoms with van der Waals surface area (Å²) in [5.41, 5.74) is 5.91. The zero-order chi connectivity index (χ0) is 24.4. The molecule has 0 spiro atoms. The quantitative estimate of drug-likeness (QED) is 0.346. The van der Waals surface area contributed by atoms with E-state index in [0.29, 0.717) is 11.5 Å². The Labute approximate surface area is 210 Å². The van der Waals surface area contributed by atoms with Crippen LogP contribution in [0, 0.1) is 6.92 Å². The second kappa shape index (κ2) is 9.72. The molecule has 2 N–H and O–H groups in total. The summed E-state index contributed by atoms with van der Waals surface area (Å²) in [6.45, 7) is 3.84. The molecule has 0 radical (unpaired) electrons. The largest absolute Gasteiger partial charge is 0.351 e. The number of carbonyl (C=O) groups is 1. The molecular formula is C28H27N5OS. The van der Waals surface area contributed by atoms with Crippen LogP contribution >= 0.6 is 12.2 Å². The molecule has 1 amide bonds. The maximum absolute atomic E-state index is 11.9. The van der Waals surface area contributed by atoms with Crippen LogP contribution in [0.15, 0.2) is 91.4 Å². The number of nitrogens with one attached hydrogen (secondary N) is 2. The molecule has 5 rings (SSSR count). The number of aromatic nitrogens is 2. The lowest BCUT2D eigenvalue weighted by Crippen LogP contribution is -2.29. The van der Waals surface area contributed by atoms with Crippen molar-refractivity contribution >= 4 is 34.6 Å². The predicted octanol–water partition coefficient (Wildman–Crippen LogP) is 5.71. The van der Waals surface area contributed by atoms with Crippen LogP contribution < -0.4 is 15.5 Å². The zero-order valence-corrected chi connectivity index (χ0v) is 20.5. The van der Waals surface area contributed by atoms with Gasteiger partial charge >= 0.3 is 0 Å². The van der Waals surface area contributed by atoms with E-state index < -0.39 is 0 Å². The number of rotatable bonds is 6. The van der Waals surface area contributed by atoms with Gasteiger partial charge in [0.2, 0.25) is 5.91 Å². The second-order valence-electron chi connectivity index (χ2n) is 8.59. The molecule has 35 heavy (non-hydrogen) atoms. The number of hydrogen-bond acceptors (Lipinski definition) is 3. The molecule has 0 aliphatic carbocycles. The maximum Gasteiger partial charge on any atom is 0.224 e. The highest BCUT2D eigenvalue weighted by Gasteiger charge is 2.41. The van der Waals surface area contributed by atoms with Crippen molar-refractivity contribution in [1.29, 1.82) is 0 Å². The Morgan fingerprint density at radius 1 is 1.06 bits per heavy atom. The first-order valence-corrected chi connectivity index (χ1v) is 12.1. The van der Waals surface area contributed by atoms with E-state index in [1.165, 1.54) is 0 Å². The van der Waals surface area contributed by atoms with Crippen LogP contribution in [0.3, 0.4) is 0 Å². The third-order valence-electron chi connectivity index (χ3n) is 6.29. The number of anilines is 2. The summed E-state index contributed by atoms with van der Waals surface area (Å²) in [4.78, 5) is 18.7. The number of pyridine rings is 1. The standard InChI is InChI=1S/C28H27N5OS/c1-3-25(34)30-23-13-12-22(17-19(23)2)33-27(26(31-28(33)35)24-11-7-8-15-29-24)20-14-16-32(18-20)21-9-5-4-6-10-21/h4-18,26-27H,3H2,1-2H3,(H,30,34)(H,31,35)/t26-,27-/m0/s1. The predicted molar refractivity (Wildman–Crippen MR) is 144 cm³/mol. The highest BCUT2D eigenvalue weighted by molar-refractivity contribution is 7.80. The zero-order valence-electron chi connectivity index (χ0n) is 19.7. The lowest BCUT2D eigenvalue weighted by molar-refractivity contribution is -0.115. The van der Waals surface area contributed by atoms with Crippen molar-refractivity contribution in [2.24, 2.45) is 0 Å². The van der Waals surface area contributed by atoms with E-state index in [4.69, 9.17) is 12.2 Å². The molecule has 0 saturated carbocycles. The molecule has 2 atom stereocenters. The average molecular weight is 482 g/mol. The van der Waals surface area contributed by atoms with Crippen molar-refractivity contribution in [3.63, 3.8) is 0 Å². The van der Waals surface area contributed by atoms with Gasteiger partial charge in [-0.05, 0) is 78.8 Å². The van der Waals surface area contributed by atoms with Crippen molar-refractivity contribution < 1.29 is 4.79 Å². The van der Waals surface area contributed by atoms with E-state index in [1.807, 2.05) is 68.6 Å². The van der Waals surface area contributed by atoms with Crippen LogP contribution in [-0.4, -0.2) is 20.6 Å². The molecule has 7 heteroatoms. The molecule has 3 heterocycles.